The third-order valence-corrected chi connectivity index (χ3v) is 2.36. The Labute approximate surface area is 87.4 Å². The van der Waals surface area contributed by atoms with E-state index in [9.17, 15) is 9.90 Å². The van der Waals surface area contributed by atoms with E-state index in [4.69, 9.17) is 10.4 Å². The van der Waals surface area contributed by atoms with E-state index in [-0.39, 0.29) is 5.56 Å². The van der Waals surface area contributed by atoms with Gasteiger partial charge in [0.15, 0.2) is 6.10 Å². The molecule has 0 heterocycles. The Morgan fingerprint density at radius 3 is 2.53 bits per heavy atom. The zero-order valence-electron chi connectivity index (χ0n) is 8.48. The summed E-state index contributed by atoms with van der Waals surface area (Å²) in [7, 11) is 0. The molecule has 15 heavy (non-hydrogen) atoms. The molecule has 4 heteroatoms. The molecule has 0 amide bonds. The van der Waals surface area contributed by atoms with E-state index in [2.05, 4.69) is 0 Å². The van der Waals surface area contributed by atoms with Crippen molar-refractivity contribution in [1.82, 2.24) is 0 Å². The highest BCUT2D eigenvalue weighted by Crippen LogP contribution is 2.20. The Kier molecular flexibility index (Phi) is 3.08. The van der Waals surface area contributed by atoms with Crippen molar-refractivity contribution in [3.05, 3.63) is 34.4 Å². The van der Waals surface area contributed by atoms with Gasteiger partial charge in [-0.1, -0.05) is 6.07 Å². The predicted octanol–water partition coefficient (Wildman–Crippen LogP) is 1.29. The molecule has 0 saturated carbocycles. The van der Waals surface area contributed by atoms with E-state index in [0.717, 1.165) is 11.1 Å². The number of carbonyl (C=O) groups is 1. The highest BCUT2D eigenvalue weighted by Gasteiger charge is 2.17. The van der Waals surface area contributed by atoms with Crippen LogP contribution in [0.4, 0.5) is 0 Å². The van der Waals surface area contributed by atoms with Crippen molar-refractivity contribution in [1.29, 1.82) is 5.26 Å². The van der Waals surface area contributed by atoms with Crippen molar-refractivity contribution >= 4 is 5.97 Å². The largest absolute Gasteiger partial charge is 0.479 e. The summed E-state index contributed by atoms with van der Waals surface area (Å²) in [4.78, 5) is 10.6. The second-order valence-electron chi connectivity index (χ2n) is 3.36. The molecule has 0 bridgehead atoms. The Morgan fingerprint density at radius 1 is 1.47 bits per heavy atom. The van der Waals surface area contributed by atoms with Gasteiger partial charge in [-0.25, -0.2) is 4.79 Å². The highest BCUT2D eigenvalue weighted by molar-refractivity contribution is 5.74. The molecule has 2 N–H and O–H groups in total. The van der Waals surface area contributed by atoms with Crippen LogP contribution < -0.4 is 0 Å². The SMILES string of the molecule is Cc1cc(C(O)C(=O)O)cc(C#N)c1C. The van der Waals surface area contributed by atoms with Gasteiger partial charge in [-0.05, 0) is 36.6 Å². The maximum atomic E-state index is 10.6. The molecule has 4 nitrogen and oxygen atoms in total. The van der Waals surface area contributed by atoms with Gasteiger partial charge in [0.1, 0.15) is 0 Å². The summed E-state index contributed by atoms with van der Waals surface area (Å²) < 4.78 is 0. The van der Waals surface area contributed by atoms with Gasteiger partial charge in [0.25, 0.3) is 0 Å². The van der Waals surface area contributed by atoms with E-state index in [1.54, 1.807) is 19.9 Å². The molecule has 1 atom stereocenters. The van der Waals surface area contributed by atoms with Gasteiger partial charge in [-0.15, -0.1) is 0 Å². The standard InChI is InChI=1S/C11H11NO3/c1-6-3-8(10(13)11(14)15)4-9(5-12)7(6)2/h3-4,10,13H,1-2H3,(H,14,15). The van der Waals surface area contributed by atoms with Gasteiger partial charge in [-0.3, -0.25) is 0 Å². The first-order valence-electron chi connectivity index (χ1n) is 4.39. The summed E-state index contributed by atoms with van der Waals surface area (Å²) in [6.45, 7) is 3.55. The van der Waals surface area contributed by atoms with Crippen molar-refractivity contribution < 1.29 is 15.0 Å². The molecule has 1 aromatic carbocycles. The van der Waals surface area contributed by atoms with Crippen LogP contribution in [-0.2, 0) is 4.79 Å². The molecule has 1 unspecified atom stereocenters. The van der Waals surface area contributed by atoms with Gasteiger partial charge >= 0.3 is 5.97 Å². The predicted molar refractivity (Wildman–Crippen MR) is 53.2 cm³/mol. The first-order valence-corrected chi connectivity index (χ1v) is 4.39. The lowest BCUT2D eigenvalue weighted by Gasteiger charge is -2.09. The lowest BCUT2D eigenvalue weighted by molar-refractivity contribution is -0.146. The number of carboxylic acid groups (broad SMARTS) is 1. The number of hydrogen-bond donors (Lipinski definition) is 2. The van der Waals surface area contributed by atoms with Crippen molar-refractivity contribution in [3.63, 3.8) is 0 Å². The van der Waals surface area contributed by atoms with Crippen LogP contribution >= 0.6 is 0 Å². The quantitative estimate of drug-likeness (QED) is 0.762. The molecule has 78 valence electrons. The molecule has 0 spiro atoms. The molecule has 1 aromatic rings. The van der Waals surface area contributed by atoms with E-state index in [0.29, 0.717) is 5.56 Å². The van der Waals surface area contributed by atoms with Gasteiger partial charge in [0.05, 0.1) is 11.6 Å². The second-order valence-corrected chi connectivity index (χ2v) is 3.36. The van der Waals surface area contributed by atoms with Crippen LogP contribution in [0.2, 0.25) is 0 Å². The number of rotatable bonds is 2. The molecule has 0 fully saturated rings. The van der Waals surface area contributed by atoms with Crippen LogP contribution in [0.1, 0.15) is 28.4 Å². The zero-order chi connectivity index (χ0) is 11.6. The van der Waals surface area contributed by atoms with Gasteiger partial charge in [0, 0.05) is 0 Å². The van der Waals surface area contributed by atoms with Crippen LogP contribution in [0.3, 0.4) is 0 Å². The average molecular weight is 205 g/mol. The summed E-state index contributed by atoms with van der Waals surface area (Å²) >= 11 is 0. The lowest BCUT2D eigenvalue weighted by Crippen LogP contribution is -2.11. The Morgan fingerprint density at radius 2 is 2.07 bits per heavy atom. The number of aliphatic carboxylic acids is 1. The van der Waals surface area contributed by atoms with E-state index in [1.807, 2.05) is 6.07 Å². The minimum Gasteiger partial charge on any atom is -0.479 e. The summed E-state index contributed by atoms with van der Waals surface area (Å²) in [5, 5.41) is 26.8. The van der Waals surface area contributed by atoms with Crippen LogP contribution in [0.15, 0.2) is 12.1 Å². The third-order valence-electron chi connectivity index (χ3n) is 2.36. The van der Waals surface area contributed by atoms with Crippen LogP contribution in [0.5, 0.6) is 0 Å². The highest BCUT2D eigenvalue weighted by atomic mass is 16.4. The summed E-state index contributed by atoms with van der Waals surface area (Å²) in [5.41, 5.74) is 2.23. The number of nitrogens with zero attached hydrogens (tertiary/aromatic N) is 1. The first kappa shape index (κ1) is 11.2. The minimum atomic E-state index is -1.57. The number of nitriles is 1. The maximum absolute atomic E-state index is 10.6. The normalized spacial score (nSPS) is 11.9. The number of aliphatic hydroxyl groups excluding tert-OH is 1. The van der Waals surface area contributed by atoms with Crippen LogP contribution in [0, 0.1) is 25.2 Å². The molecule has 0 radical (unpaired) electrons. The lowest BCUT2D eigenvalue weighted by atomic mass is 9.98. The number of benzene rings is 1. The summed E-state index contributed by atoms with van der Waals surface area (Å²) in [6.07, 6.45) is -1.57. The van der Waals surface area contributed by atoms with Crippen LogP contribution in [0.25, 0.3) is 0 Å². The minimum absolute atomic E-state index is 0.238. The molecule has 1 rings (SSSR count). The fraction of sp³-hybridized carbons (Fsp3) is 0.273. The Bertz CT molecular complexity index is 446. The van der Waals surface area contributed by atoms with E-state index in [1.165, 1.54) is 6.07 Å². The van der Waals surface area contributed by atoms with Crippen molar-refractivity contribution in [2.75, 3.05) is 0 Å². The molecule has 0 aliphatic heterocycles. The number of hydrogen-bond acceptors (Lipinski definition) is 3. The van der Waals surface area contributed by atoms with Crippen LogP contribution in [-0.4, -0.2) is 16.2 Å². The first-order chi connectivity index (χ1) is 6.97. The third kappa shape index (κ3) is 2.14. The second kappa shape index (κ2) is 4.11. The number of aryl methyl sites for hydroxylation is 1. The van der Waals surface area contributed by atoms with Crippen molar-refractivity contribution in [3.8, 4) is 6.07 Å². The fourth-order valence-electron chi connectivity index (χ4n) is 1.30. The number of carboxylic acids is 1. The topological polar surface area (TPSA) is 81.3 Å². The van der Waals surface area contributed by atoms with Gasteiger partial charge in [-0.2, -0.15) is 5.26 Å². The fourth-order valence-corrected chi connectivity index (χ4v) is 1.30. The Balaban J connectivity index is 3.30. The average Bonchev–Trinajstić information content (AvgIpc) is 2.20. The molecular formula is C11H11NO3. The van der Waals surface area contributed by atoms with Crippen molar-refractivity contribution in [2.24, 2.45) is 0 Å². The van der Waals surface area contributed by atoms with E-state index >= 15 is 0 Å². The maximum Gasteiger partial charge on any atom is 0.337 e. The molecule has 0 aromatic heterocycles. The van der Waals surface area contributed by atoms with Gasteiger partial charge < -0.3 is 10.2 Å². The van der Waals surface area contributed by atoms with Gasteiger partial charge in [0.2, 0.25) is 0 Å². The molecule has 0 aliphatic rings. The molecule has 0 aliphatic carbocycles. The molecule has 0 saturated heterocycles. The van der Waals surface area contributed by atoms with Crippen molar-refractivity contribution in [2.45, 2.75) is 20.0 Å². The zero-order valence-corrected chi connectivity index (χ0v) is 8.48. The summed E-state index contributed by atoms with van der Waals surface area (Å²) in [6, 6.07) is 4.95. The Hall–Kier alpha value is -1.86. The smallest absolute Gasteiger partial charge is 0.337 e. The van der Waals surface area contributed by atoms with E-state index < -0.39 is 12.1 Å². The molecular weight excluding hydrogens is 194 g/mol. The number of aliphatic hydroxyl groups is 1. The monoisotopic (exact) mass is 205 g/mol. The summed E-state index contributed by atoms with van der Waals surface area (Å²) in [5.74, 6) is -1.32.